The number of rotatable bonds is 2. The van der Waals surface area contributed by atoms with Crippen LogP contribution >= 0.6 is 0 Å². The van der Waals surface area contributed by atoms with E-state index < -0.39 is 0 Å². The van der Waals surface area contributed by atoms with E-state index in [0.29, 0.717) is 0 Å². The zero-order valence-corrected chi connectivity index (χ0v) is 7.54. The first kappa shape index (κ1) is 8.94. The van der Waals surface area contributed by atoms with Crippen molar-refractivity contribution in [1.82, 2.24) is 4.98 Å². The van der Waals surface area contributed by atoms with Crippen LogP contribution in [0.4, 0.5) is 0 Å². The molecule has 0 unspecified atom stereocenters. The Balaban J connectivity index is 3.11. The molecule has 1 atom stereocenters. The summed E-state index contributed by atoms with van der Waals surface area (Å²) in [5, 5.41) is 0. The minimum atomic E-state index is 0.00358. The van der Waals surface area contributed by atoms with Crippen molar-refractivity contribution >= 4 is 6.08 Å². The molecule has 0 aliphatic heterocycles. The SMILES string of the molecule is C=Cc1cnc([C@@H](C)N)c(C)c1. The van der Waals surface area contributed by atoms with Gasteiger partial charge in [0.25, 0.3) is 0 Å². The van der Waals surface area contributed by atoms with Gasteiger partial charge in [-0.15, -0.1) is 0 Å². The van der Waals surface area contributed by atoms with Crippen molar-refractivity contribution in [2.24, 2.45) is 5.73 Å². The van der Waals surface area contributed by atoms with Gasteiger partial charge in [0.05, 0.1) is 5.69 Å². The Hall–Kier alpha value is -1.15. The molecule has 0 saturated carbocycles. The van der Waals surface area contributed by atoms with Crippen molar-refractivity contribution < 1.29 is 0 Å². The quantitative estimate of drug-likeness (QED) is 0.722. The number of hydrogen-bond donors (Lipinski definition) is 1. The Morgan fingerprint density at radius 3 is 2.75 bits per heavy atom. The van der Waals surface area contributed by atoms with Crippen molar-refractivity contribution in [3.8, 4) is 0 Å². The average Bonchev–Trinajstić information content (AvgIpc) is 2.03. The van der Waals surface area contributed by atoms with Crippen LogP contribution in [-0.2, 0) is 0 Å². The molecule has 2 heteroatoms. The molecule has 0 amide bonds. The maximum atomic E-state index is 5.72. The molecular formula is C10H14N2. The summed E-state index contributed by atoms with van der Waals surface area (Å²) >= 11 is 0. The number of nitrogens with zero attached hydrogens (tertiary/aromatic N) is 1. The lowest BCUT2D eigenvalue weighted by molar-refractivity contribution is 0.771. The van der Waals surface area contributed by atoms with Crippen LogP contribution < -0.4 is 5.73 Å². The molecule has 0 fully saturated rings. The Kier molecular flexibility index (Phi) is 2.61. The van der Waals surface area contributed by atoms with Crippen LogP contribution in [0.1, 0.15) is 29.8 Å². The van der Waals surface area contributed by atoms with Crippen molar-refractivity contribution in [2.45, 2.75) is 19.9 Å². The van der Waals surface area contributed by atoms with Crippen molar-refractivity contribution in [2.75, 3.05) is 0 Å². The van der Waals surface area contributed by atoms with Gasteiger partial charge in [-0.05, 0) is 31.0 Å². The van der Waals surface area contributed by atoms with E-state index in [-0.39, 0.29) is 6.04 Å². The summed E-state index contributed by atoms with van der Waals surface area (Å²) < 4.78 is 0. The standard InChI is InChI=1S/C10H14N2/c1-4-9-5-7(2)10(8(3)11)12-6-9/h4-6,8H,1,11H2,2-3H3/t8-/m1/s1. The average molecular weight is 162 g/mol. The highest BCUT2D eigenvalue weighted by Gasteiger charge is 2.04. The summed E-state index contributed by atoms with van der Waals surface area (Å²) in [6.45, 7) is 7.62. The van der Waals surface area contributed by atoms with Gasteiger partial charge in [0.2, 0.25) is 0 Å². The van der Waals surface area contributed by atoms with E-state index in [9.17, 15) is 0 Å². The summed E-state index contributed by atoms with van der Waals surface area (Å²) in [5.74, 6) is 0. The maximum Gasteiger partial charge on any atom is 0.0597 e. The van der Waals surface area contributed by atoms with Crippen LogP contribution in [0.3, 0.4) is 0 Å². The number of pyridine rings is 1. The lowest BCUT2D eigenvalue weighted by Gasteiger charge is -2.08. The van der Waals surface area contributed by atoms with Gasteiger partial charge in [-0.2, -0.15) is 0 Å². The number of hydrogen-bond acceptors (Lipinski definition) is 2. The first-order chi connectivity index (χ1) is 5.65. The van der Waals surface area contributed by atoms with Gasteiger partial charge in [0, 0.05) is 12.2 Å². The van der Waals surface area contributed by atoms with E-state index in [1.807, 2.05) is 19.9 Å². The third kappa shape index (κ3) is 1.71. The highest BCUT2D eigenvalue weighted by Crippen LogP contribution is 2.13. The number of nitrogens with two attached hydrogens (primary N) is 1. The molecule has 2 nitrogen and oxygen atoms in total. The minimum Gasteiger partial charge on any atom is -0.323 e. The third-order valence-electron chi connectivity index (χ3n) is 1.81. The van der Waals surface area contributed by atoms with E-state index in [1.54, 1.807) is 12.3 Å². The predicted molar refractivity (Wildman–Crippen MR) is 51.7 cm³/mol. The van der Waals surface area contributed by atoms with E-state index in [1.165, 1.54) is 0 Å². The predicted octanol–water partition coefficient (Wildman–Crippen LogP) is 2.05. The van der Waals surface area contributed by atoms with Gasteiger partial charge in [-0.3, -0.25) is 4.98 Å². The molecule has 1 aromatic heterocycles. The van der Waals surface area contributed by atoms with Gasteiger partial charge in [0.15, 0.2) is 0 Å². The van der Waals surface area contributed by atoms with E-state index in [4.69, 9.17) is 5.73 Å². The fourth-order valence-corrected chi connectivity index (χ4v) is 1.20. The second-order valence-electron chi connectivity index (χ2n) is 2.96. The molecule has 0 aliphatic rings. The van der Waals surface area contributed by atoms with Crippen LogP contribution in [0.5, 0.6) is 0 Å². The molecule has 0 spiro atoms. The molecule has 1 rings (SSSR count). The van der Waals surface area contributed by atoms with Gasteiger partial charge in [-0.25, -0.2) is 0 Å². The second-order valence-corrected chi connectivity index (χ2v) is 2.96. The summed E-state index contributed by atoms with van der Waals surface area (Å²) in [6.07, 6.45) is 3.57. The molecule has 12 heavy (non-hydrogen) atoms. The van der Waals surface area contributed by atoms with Gasteiger partial charge in [-0.1, -0.05) is 12.7 Å². The fraction of sp³-hybridized carbons (Fsp3) is 0.300. The summed E-state index contributed by atoms with van der Waals surface area (Å²) in [6, 6.07) is 2.04. The first-order valence-corrected chi connectivity index (χ1v) is 3.99. The Bertz CT molecular complexity index is 290. The van der Waals surface area contributed by atoms with Crippen molar-refractivity contribution in [3.63, 3.8) is 0 Å². The maximum absolute atomic E-state index is 5.72. The lowest BCUT2D eigenvalue weighted by Crippen LogP contribution is -2.09. The summed E-state index contributed by atoms with van der Waals surface area (Å²) in [7, 11) is 0. The number of aryl methyl sites for hydroxylation is 1. The Labute approximate surface area is 73.1 Å². The van der Waals surface area contributed by atoms with Crippen LogP contribution in [0.2, 0.25) is 0 Å². The minimum absolute atomic E-state index is 0.00358. The van der Waals surface area contributed by atoms with Gasteiger partial charge >= 0.3 is 0 Å². The Morgan fingerprint density at radius 2 is 2.33 bits per heavy atom. The molecule has 0 saturated heterocycles. The van der Waals surface area contributed by atoms with Crippen LogP contribution in [0, 0.1) is 6.92 Å². The van der Waals surface area contributed by atoms with Crippen LogP contribution in [0.25, 0.3) is 6.08 Å². The Morgan fingerprint density at radius 1 is 1.67 bits per heavy atom. The molecule has 1 heterocycles. The first-order valence-electron chi connectivity index (χ1n) is 3.99. The van der Waals surface area contributed by atoms with E-state index >= 15 is 0 Å². The molecule has 64 valence electrons. The van der Waals surface area contributed by atoms with Crippen molar-refractivity contribution in [3.05, 3.63) is 35.7 Å². The van der Waals surface area contributed by atoms with Crippen LogP contribution in [-0.4, -0.2) is 4.98 Å². The van der Waals surface area contributed by atoms with E-state index in [0.717, 1.165) is 16.8 Å². The molecule has 0 aliphatic carbocycles. The second kappa shape index (κ2) is 3.50. The molecular weight excluding hydrogens is 148 g/mol. The topological polar surface area (TPSA) is 38.9 Å². The molecule has 0 bridgehead atoms. The monoisotopic (exact) mass is 162 g/mol. The smallest absolute Gasteiger partial charge is 0.0597 e. The van der Waals surface area contributed by atoms with Crippen molar-refractivity contribution in [1.29, 1.82) is 0 Å². The zero-order chi connectivity index (χ0) is 9.14. The highest BCUT2D eigenvalue weighted by molar-refractivity contribution is 5.47. The van der Waals surface area contributed by atoms with Crippen LogP contribution in [0.15, 0.2) is 18.8 Å². The lowest BCUT2D eigenvalue weighted by atomic mass is 10.1. The molecule has 1 aromatic rings. The third-order valence-corrected chi connectivity index (χ3v) is 1.81. The molecule has 0 radical (unpaired) electrons. The largest absolute Gasteiger partial charge is 0.323 e. The summed E-state index contributed by atoms with van der Waals surface area (Å²) in [5.41, 5.74) is 8.84. The van der Waals surface area contributed by atoms with Gasteiger partial charge < -0.3 is 5.73 Å². The van der Waals surface area contributed by atoms with E-state index in [2.05, 4.69) is 11.6 Å². The fourth-order valence-electron chi connectivity index (χ4n) is 1.20. The van der Waals surface area contributed by atoms with Gasteiger partial charge in [0.1, 0.15) is 0 Å². The highest BCUT2D eigenvalue weighted by atomic mass is 14.8. The molecule has 0 aromatic carbocycles. The normalized spacial score (nSPS) is 12.6. The zero-order valence-electron chi connectivity index (χ0n) is 7.54. The number of aromatic nitrogens is 1. The summed E-state index contributed by atoms with van der Waals surface area (Å²) in [4.78, 5) is 4.25. The molecule has 2 N–H and O–H groups in total.